The zero-order valence-corrected chi connectivity index (χ0v) is 13.3. The van der Waals surface area contributed by atoms with Crippen molar-refractivity contribution in [2.24, 2.45) is 5.84 Å². The van der Waals surface area contributed by atoms with Gasteiger partial charge in [-0.15, -0.1) is 11.3 Å². The van der Waals surface area contributed by atoms with Crippen LogP contribution in [0.2, 0.25) is 0 Å². The molecule has 0 spiro atoms. The van der Waals surface area contributed by atoms with Gasteiger partial charge < -0.3 is 0 Å². The summed E-state index contributed by atoms with van der Waals surface area (Å²) in [6.07, 6.45) is 0. The van der Waals surface area contributed by atoms with E-state index < -0.39 is 0 Å². The number of pyridine rings is 1. The molecule has 0 aromatic carbocycles. The van der Waals surface area contributed by atoms with Crippen molar-refractivity contribution in [3.63, 3.8) is 0 Å². The van der Waals surface area contributed by atoms with E-state index in [0.29, 0.717) is 4.88 Å². The Hall–Kier alpha value is -1.76. The van der Waals surface area contributed by atoms with Gasteiger partial charge >= 0.3 is 0 Å². The van der Waals surface area contributed by atoms with Gasteiger partial charge in [-0.05, 0) is 44.7 Å². The molecule has 0 radical (unpaired) electrons. The van der Waals surface area contributed by atoms with E-state index in [1.165, 1.54) is 11.3 Å². The number of hydrogen-bond acceptors (Lipinski definition) is 5. The third-order valence-electron chi connectivity index (χ3n) is 3.19. The summed E-state index contributed by atoms with van der Waals surface area (Å²) in [5.41, 5.74) is 5.39. The van der Waals surface area contributed by atoms with Crippen LogP contribution in [-0.2, 0) is 13.1 Å². The molecular weight excluding hydrogens is 284 g/mol. The van der Waals surface area contributed by atoms with Gasteiger partial charge in [-0.2, -0.15) is 0 Å². The van der Waals surface area contributed by atoms with Crippen LogP contribution < -0.4 is 11.3 Å². The molecule has 1 amide bonds. The molecule has 0 saturated heterocycles. The van der Waals surface area contributed by atoms with Crippen LogP contribution in [0, 0.1) is 13.8 Å². The molecule has 0 aliphatic carbocycles. The number of nitrogens with two attached hydrogens (primary N) is 1. The second-order valence-electron chi connectivity index (χ2n) is 5.11. The van der Waals surface area contributed by atoms with Crippen LogP contribution in [0.15, 0.2) is 24.3 Å². The average molecular weight is 304 g/mol. The molecule has 0 unspecified atom stereocenters. The molecule has 0 aliphatic rings. The van der Waals surface area contributed by atoms with Crippen molar-refractivity contribution >= 4 is 17.2 Å². The average Bonchev–Trinajstić information content (AvgIpc) is 2.79. The van der Waals surface area contributed by atoms with Crippen molar-refractivity contribution in [3.05, 3.63) is 51.0 Å². The number of hydrazine groups is 1. The topological polar surface area (TPSA) is 71.2 Å². The SMILES string of the molecule is Cc1cccc(CN(C)Cc2cc(C(=O)NN)sc2C)n1. The van der Waals surface area contributed by atoms with Crippen LogP contribution in [0.25, 0.3) is 0 Å². The summed E-state index contributed by atoms with van der Waals surface area (Å²) in [6, 6.07) is 7.94. The highest BCUT2D eigenvalue weighted by Gasteiger charge is 2.13. The lowest BCUT2D eigenvalue weighted by atomic mass is 10.2. The molecule has 0 aliphatic heterocycles. The molecule has 5 nitrogen and oxygen atoms in total. The highest BCUT2D eigenvalue weighted by atomic mass is 32.1. The summed E-state index contributed by atoms with van der Waals surface area (Å²) in [6.45, 7) is 5.56. The highest BCUT2D eigenvalue weighted by Crippen LogP contribution is 2.23. The first-order valence-electron chi connectivity index (χ1n) is 6.71. The van der Waals surface area contributed by atoms with E-state index in [4.69, 9.17) is 5.84 Å². The molecule has 0 fully saturated rings. The normalized spacial score (nSPS) is 10.9. The molecule has 2 rings (SSSR count). The molecule has 2 heterocycles. The van der Waals surface area contributed by atoms with Crippen molar-refractivity contribution < 1.29 is 4.79 Å². The van der Waals surface area contributed by atoms with E-state index in [2.05, 4.69) is 15.3 Å². The fraction of sp³-hybridized carbons (Fsp3) is 0.333. The number of aryl methyl sites for hydroxylation is 2. The summed E-state index contributed by atoms with van der Waals surface area (Å²) >= 11 is 1.46. The maximum Gasteiger partial charge on any atom is 0.275 e. The fourth-order valence-corrected chi connectivity index (χ4v) is 3.11. The molecule has 3 N–H and O–H groups in total. The van der Waals surface area contributed by atoms with E-state index in [1.54, 1.807) is 0 Å². The van der Waals surface area contributed by atoms with Crippen molar-refractivity contribution in [1.82, 2.24) is 15.3 Å². The summed E-state index contributed by atoms with van der Waals surface area (Å²) in [5, 5.41) is 0. The first kappa shape index (κ1) is 15.6. The number of nitrogens with zero attached hydrogens (tertiary/aromatic N) is 2. The van der Waals surface area contributed by atoms with Crippen LogP contribution in [-0.4, -0.2) is 22.8 Å². The number of thiophene rings is 1. The van der Waals surface area contributed by atoms with Crippen LogP contribution in [0.1, 0.15) is 31.5 Å². The zero-order valence-electron chi connectivity index (χ0n) is 12.5. The Morgan fingerprint density at radius 2 is 2.14 bits per heavy atom. The Morgan fingerprint density at radius 1 is 1.38 bits per heavy atom. The molecule has 0 atom stereocenters. The Kier molecular flexibility index (Phi) is 5.06. The van der Waals surface area contributed by atoms with E-state index in [9.17, 15) is 4.79 Å². The zero-order chi connectivity index (χ0) is 15.4. The number of carbonyl (C=O) groups excluding carboxylic acids is 1. The van der Waals surface area contributed by atoms with Gasteiger partial charge in [-0.25, -0.2) is 5.84 Å². The fourth-order valence-electron chi connectivity index (χ4n) is 2.17. The van der Waals surface area contributed by atoms with Gasteiger partial charge in [-0.3, -0.25) is 20.1 Å². The first-order valence-corrected chi connectivity index (χ1v) is 7.52. The number of amides is 1. The predicted octanol–water partition coefficient (Wildman–Crippen LogP) is 2.00. The minimum Gasteiger partial charge on any atom is -0.296 e. The second-order valence-corrected chi connectivity index (χ2v) is 6.36. The molecule has 6 heteroatoms. The Labute approximate surface area is 128 Å². The lowest BCUT2D eigenvalue weighted by molar-refractivity contribution is 0.0957. The number of rotatable bonds is 5. The monoisotopic (exact) mass is 304 g/mol. The Bertz CT molecular complexity index is 638. The lowest BCUT2D eigenvalue weighted by Crippen LogP contribution is -2.29. The van der Waals surface area contributed by atoms with E-state index >= 15 is 0 Å². The standard InChI is InChI=1S/C15H20N4OS/c1-10-5-4-6-13(17-10)9-19(3)8-12-7-14(15(20)18-16)21-11(12)2/h4-7H,8-9,16H2,1-3H3,(H,18,20). The molecule has 112 valence electrons. The van der Waals surface area contributed by atoms with E-state index in [1.807, 2.05) is 45.2 Å². The van der Waals surface area contributed by atoms with Crippen molar-refractivity contribution in [2.75, 3.05) is 7.05 Å². The molecule has 0 saturated carbocycles. The minimum absolute atomic E-state index is 0.239. The molecule has 0 bridgehead atoms. The number of hydrogen-bond donors (Lipinski definition) is 2. The summed E-state index contributed by atoms with van der Waals surface area (Å²) in [7, 11) is 2.05. The Balaban J connectivity index is 2.04. The maximum absolute atomic E-state index is 11.5. The lowest BCUT2D eigenvalue weighted by Gasteiger charge is -2.16. The number of aromatic nitrogens is 1. The van der Waals surface area contributed by atoms with Crippen molar-refractivity contribution in [2.45, 2.75) is 26.9 Å². The molecule has 2 aromatic rings. The number of nitrogens with one attached hydrogen (secondary N) is 1. The van der Waals surface area contributed by atoms with Crippen LogP contribution in [0.5, 0.6) is 0 Å². The smallest absolute Gasteiger partial charge is 0.275 e. The quantitative estimate of drug-likeness (QED) is 0.503. The van der Waals surface area contributed by atoms with Gasteiger partial charge in [0.15, 0.2) is 0 Å². The van der Waals surface area contributed by atoms with Gasteiger partial charge in [0.2, 0.25) is 0 Å². The van der Waals surface area contributed by atoms with Crippen LogP contribution in [0.3, 0.4) is 0 Å². The van der Waals surface area contributed by atoms with Gasteiger partial charge in [0.1, 0.15) is 0 Å². The highest BCUT2D eigenvalue weighted by molar-refractivity contribution is 7.14. The minimum atomic E-state index is -0.239. The van der Waals surface area contributed by atoms with Crippen LogP contribution >= 0.6 is 11.3 Å². The maximum atomic E-state index is 11.5. The van der Waals surface area contributed by atoms with Crippen molar-refractivity contribution in [3.8, 4) is 0 Å². The first-order chi connectivity index (χ1) is 9.99. The van der Waals surface area contributed by atoms with Gasteiger partial charge in [0, 0.05) is 23.7 Å². The van der Waals surface area contributed by atoms with Gasteiger partial charge in [-0.1, -0.05) is 6.07 Å². The van der Waals surface area contributed by atoms with Crippen LogP contribution in [0.4, 0.5) is 0 Å². The summed E-state index contributed by atoms with van der Waals surface area (Å²) < 4.78 is 0. The van der Waals surface area contributed by atoms with Gasteiger partial charge in [0.05, 0.1) is 10.6 Å². The number of nitrogen functional groups attached to an aromatic ring is 1. The van der Waals surface area contributed by atoms with E-state index in [-0.39, 0.29) is 5.91 Å². The third kappa shape index (κ3) is 4.10. The molecule has 21 heavy (non-hydrogen) atoms. The summed E-state index contributed by atoms with van der Waals surface area (Å²) in [5.74, 6) is 4.93. The van der Waals surface area contributed by atoms with Gasteiger partial charge in [0.25, 0.3) is 5.91 Å². The van der Waals surface area contributed by atoms with E-state index in [0.717, 1.165) is 34.9 Å². The van der Waals surface area contributed by atoms with Crippen molar-refractivity contribution in [1.29, 1.82) is 0 Å². The predicted molar refractivity (Wildman–Crippen MR) is 84.9 cm³/mol. The second kappa shape index (κ2) is 6.80. The summed E-state index contributed by atoms with van der Waals surface area (Å²) in [4.78, 5) is 20.0. The third-order valence-corrected chi connectivity index (χ3v) is 4.29. The molecular formula is C15H20N4OS. The largest absolute Gasteiger partial charge is 0.296 e. The molecule has 2 aromatic heterocycles. The number of carbonyl (C=O) groups is 1. The Morgan fingerprint density at radius 3 is 2.81 bits per heavy atom.